The van der Waals surface area contributed by atoms with Gasteiger partial charge in [0, 0.05) is 0 Å². The first-order valence-electron chi connectivity index (χ1n) is 7.85. The van der Waals surface area contributed by atoms with Crippen LogP contribution in [-0.4, -0.2) is 54.7 Å². The highest BCUT2D eigenvalue weighted by molar-refractivity contribution is 7.64. The summed E-state index contributed by atoms with van der Waals surface area (Å²) in [5, 5.41) is 20.3. The van der Waals surface area contributed by atoms with Gasteiger partial charge in [0.25, 0.3) is 15.6 Å². The van der Waals surface area contributed by atoms with E-state index in [1.807, 2.05) is 0 Å². The van der Waals surface area contributed by atoms with Crippen LogP contribution in [-0.2, 0) is 31.6 Å². The van der Waals surface area contributed by atoms with Crippen molar-refractivity contribution in [1.29, 1.82) is 0 Å². The molecule has 4 N–H and O–H groups in total. The Labute approximate surface area is 171 Å². The number of fused-ring (bicyclic) bond motifs is 1. The van der Waals surface area contributed by atoms with Crippen molar-refractivity contribution in [3.8, 4) is 0 Å². The van der Waals surface area contributed by atoms with E-state index in [4.69, 9.17) is 10.5 Å². The molecule has 3 unspecified atom stereocenters. The minimum atomic E-state index is -6.14. The van der Waals surface area contributed by atoms with Crippen LogP contribution in [0.25, 0.3) is 11.2 Å². The maximum absolute atomic E-state index is 11.6. The highest BCUT2D eigenvalue weighted by Gasteiger charge is 2.45. The largest absolute Gasteiger partial charge is 0.790 e. The van der Waals surface area contributed by atoms with Crippen LogP contribution in [0.1, 0.15) is 6.23 Å². The van der Waals surface area contributed by atoms with E-state index in [-0.39, 0.29) is 17.0 Å². The highest BCUT2D eigenvalue weighted by atomic mass is 31.3. The van der Waals surface area contributed by atoms with Crippen LogP contribution in [0.15, 0.2) is 12.7 Å². The van der Waals surface area contributed by atoms with Gasteiger partial charge in [-0.2, -0.15) is 0 Å². The van der Waals surface area contributed by atoms with Crippen LogP contribution in [0.3, 0.4) is 0 Å². The van der Waals surface area contributed by atoms with Crippen molar-refractivity contribution in [2.45, 2.75) is 24.5 Å². The Morgan fingerprint density at radius 1 is 1.06 bits per heavy atom. The summed E-state index contributed by atoms with van der Waals surface area (Å²) in [6.07, 6.45) is -3.99. The Bertz CT molecular complexity index is 1100. The summed E-state index contributed by atoms with van der Waals surface area (Å²) in [5.41, 5.74) is 5.92. The van der Waals surface area contributed by atoms with Crippen molar-refractivity contribution < 1.29 is 61.4 Å². The van der Waals surface area contributed by atoms with Gasteiger partial charge in [-0.1, -0.05) is 0 Å². The monoisotopic (exact) mass is 503 g/mol. The molecule has 21 heteroatoms. The Morgan fingerprint density at radius 3 is 2.39 bits per heavy atom. The summed E-state index contributed by atoms with van der Waals surface area (Å²) in [4.78, 5) is 54.9. The lowest BCUT2D eigenvalue weighted by atomic mass is 10.1. The van der Waals surface area contributed by atoms with Crippen LogP contribution in [0.2, 0.25) is 0 Å². The Kier molecular flexibility index (Phi) is 6.68. The van der Waals surface area contributed by atoms with Gasteiger partial charge in [-0.15, -0.1) is 0 Å². The molecule has 1 aliphatic heterocycles. The van der Waals surface area contributed by atoms with Gasteiger partial charge in [0.15, 0.2) is 17.7 Å². The average molecular weight is 503 g/mol. The van der Waals surface area contributed by atoms with Crippen molar-refractivity contribution in [2.24, 2.45) is 0 Å². The molecule has 0 aromatic carbocycles. The van der Waals surface area contributed by atoms with Gasteiger partial charge in [0.2, 0.25) is 0 Å². The van der Waals surface area contributed by atoms with Gasteiger partial charge in [0.1, 0.15) is 30.2 Å². The Morgan fingerprint density at radius 2 is 1.74 bits per heavy atom. The van der Waals surface area contributed by atoms with Gasteiger partial charge in [-0.3, -0.25) is 18.0 Å². The maximum atomic E-state index is 11.6. The standard InChI is InChI=1S/C10H16N5O13P3/c11-8-5-9(13-2-12-8)15(3-14-5)10-7(17)6(16)4(26-10)1-25-30(21,22)28-31(23,24)27-29(18,19)20/h2-4,6-7,10,16-17H,1H2,(H,21,22)(H,23,24)(H2,11,12,13)(H2,18,19,20)/p-4/t4-,6?,7+,10-/m1/s1. The average Bonchev–Trinajstić information content (AvgIpc) is 3.13. The molecule has 3 rings (SSSR count). The molecular weight excluding hydrogens is 491 g/mol. The zero-order valence-electron chi connectivity index (χ0n) is 14.8. The van der Waals surface area contributed by atoms with Gasteiger partial charge in [-0.05, 0) is 0 Å². The summed E-state index contributed by atoms with van der Waals surface area (Å²) < 4.78 is 50.2. The van der Waals surface area contributed by atoms with Crippen molar-refractivity contribution in [2.75, 3.05) is 12.3 Å². The first kappa shape index (κ1) is 24.3. The number of hydrogen-bond donors (Lipinski definition) is 3. The summed E-state index contributed by atoms with van der Waals surface area (Å²) >= 11 is 0. The van der Waals surface area contributed by atoms with Crippen LogP contribution in [0.4, 0.5) is 5.82 Å². The van der Waals surface area contributed by atoms with Gasteiger partial charge in [0.05, 0.1) is 20.8 Å². The second kappa shape index (κ2) is 8.53. The van der Waals surface area contributed by atoms with Crippen molar-refractivity contribution in [3.63, 3.8) is 0 Å². The third-order valence-corrected chi connectivity index (χ3v) is 7.46. The first-order valence-corrected chi connectivity index (χ1v) is 12.2. The van der Waals surface area contributed by atoms with E-state index in [0.717, 1.165) is 12.7 Å². The minimum Gasteiger partial charge on any atom is -0.790 e. The lowest BCUT2D eigenvalue weighted by Crippen LogP contribution is -2.34. The summed E-state index contributed by atoms with van der Waals surface area (Å²) in [7, 11) is -18.1. The molecule has 2 aromatic rings. The van der Waals surface area contributed by atoms with E-state index in [0.29, 0.717) is 0 Å². The molecule has 3 heterocycles. The number of aliphatic hydroxyl groups is 2. The molecule has 1 fully saturated rings. The predicted molar refractivity (Wildman–Crippen MR) is 86.6 cm³/mol. The smallest absolute Gasteiger partial charge is 0.278 e. The van der Waals surface area contributed by atoms with E-state index in [9.17, 15) is 43.5 Å². The topological polar surface area (TPSA) is 290 Å². The number of aliphatic hydroxyl groups excluding tert-OH is 2. The summed E-state index contributed by atoms with van der Waals surface area (Å²) in [5.74, 6) is 0.0195. The van der Waals surface area contributed by atoms with Crippen molar-refractivity contribution in [1.82, 2.24) is 19.5 Å². The molecule has 0 bridgehead atoms. The van der Waals surface area contributed by atoms with E-state index in [1.54, 1.807) is 0 Å². The normalized spacial score (nSPS) is 28.5. The fourth-order valence-electron chi connectivity index (χ4n) is 2.60. The number of nitrogens with zero attached hydrogens (tertiary/aromatic N) is 4. The number of nitrogens with two attached hydrogens (primary N) is 1. The molecule has 0 saturated carbocycles. The summed E-state index contributed by atoms with van der Waals surface area (Å²) in [6, 6.07) is 0. The molecule has 0 radical (unpaired) electrons. The number of imidazole rings is 1. The SMILES string of the molecule is Nc1ncnc2c1ncn2[C@@H]1O[C@H](COP(=O)([O-])OP(=O)([O-])OP(=O)([O-])[O-])C(O)[C@@H]1O. The van der Waals surface area contributed by atoms with Crippen LogP contribution >= 0.6 is 23.5 Å². The van der Waals surface area contributed by atoms with Gasteiger partial charge < -0.3 is 49.3 Å². The zero-order chi connectivity index (χ0) is 23.2. The molecule has 2 aromatic heterocycles. The fourth-order valence-corrected chi connectivity index (χ4v) is 5.47. The number of phosphoric ester groups is 1. The molecule has 1 aliphatic rings. The second-order valence-corrected chi connectivity index (χ2v) is 10.2. The maximum Gasteiger partial charge on any atom is 0.278 e. The molecular formula is C10H12N5O13P3-4. The fraction of sp³-hybridized carbons (Fsp3) is 0.500. The van der Waals surface area contributed by atoms with E-state index in [2.05, 4.69) is 28.1 Å². The molecule has 31 heavy (non-hydrogen) atoms. The van der Waals surface area contributed by atoms with E-state index in [1.165, 1.54) is 4.57 Å². The molecule has 0 aliphatic carbocycles. The number of nitrogen functional groups attached to an aromatic ring is 1. The van der Waals surface area contributed by atoms with Crippen molar-refractivity contribution in [3.05, 3.63) is 12.7 Å². The number of aromatic nitrogens is 4. The minimum absolute atomic E-state index is 0.0195. The van der Waals surface area contributed by atoms with Gasteiger partial charge in [-0.25, -0.2) is 19.3 Å². The quantitative estimate of drug-likeness (QED) is 0.288. The number of rotatable bonds is 8. The molecule has 0 spiro atoms. The zero-order valence-corrected chi connectivity index (χ0v) is 17.4. The Hall–Kier alpha value is -1.36. The van der Waals surface area contributed by atoms with E-state index >= 15 is 0 Å². The Balaban J connectivity index is 1.69. The first-order chi connectivity index (χ1) is 14.2. The lowest BCUT2D eigenvalue weighted by molar-refractivity contribution is -0.339. The highest BCUT2D eigenvalue weighted by Crippen LogP contribution is 2.60. The number of anilines is 1. The van der Waals surface area contributed by atoms with Crippen molar-refractivity contribution >= 4 is 40.4 Å². The second-order valence-electron chi connectivity index (χ2n) is 5.93. The number of phosphoric acid groups is 3. The third kappa shape index (κ3) is 5.71. The molecule has 18 nitrogen and oxygen atoms in total. The van der Waals surface area contributed by atoms with Crippen LogP contribution in [0.5, 0.6) is 0 Å². The number of ether oxygens (including phenoxy) is 1. The lowest BCUT2D eigenvalue weighted by Gasteiger charge is -2.37. The van der Waals surface area contributed by atoms with E-state index < -0.39 is 54.6 Å². The molecule has 0 amide bonds. The van der Waals surface area contributed by atoms with Gasteiger partial charge >= 0.3 is 0 Å². The van der Waals surface area contributed by atoms with Crippen LogP contribution < -0.4 is 25.3 Å². The molecule has 6 atom stereocenters. The number of hydrogen-bond acceptors (Lipinski definition) is 17. The molecule has 174 valence electrons. The predicted octanol–water partition coefficient (Wildman–Crippen LogP) is -4.16. The van der Waals surface area contributed by atoms with Crippen LogP contribution in [0, 0.1) is 0 Å². The molecule has 1 saturated heterocycles. The summed E-state index contributed by atoms with van der Waals surface area (Å²) in [6.45, 7) is -1.08. The third-order valence-electron chi connectivity index (χ3n) is 3.80.